The highest BCUT2D eigenvalue weighted by molar-refractivity contribution is 5.68. The zero-order valence-electron chi connectivity index (χ0n) is 18.3. The van der Waals surface area contributed by atoms with Gasteiger partial charge in [0, 0.05) is 0 Å². The highest BCUT2D eigenvalue weighted by atomic mass is 16.6. The van der Waals surface area contributed by atoms with Crippen LogP contribution in [0.25, 0.3) is 0 Å². The fourth-order valence-corrected chi connectivity index (χ4v) is 2.65. The van der Waals surface area contributed by atoms with Gasteiger partial charge in [-0.1, -0.05) is 17.3 Å². The first-order valence-corrected chi connectivity index (χ1v) is 9.70. The number of nitrogens with zero attached hydrogens (tertiary/aromatic N) is 3. The second-order valence-corrected chi connectivity index (χ2v) is 9.00. The van der Waals surface area contributed by atoms with Crippen molar-refractivity contribution in [1.82, 2.24) is 20.3 Å². The van der Waals surface area contributed by atoms with Crippen molar-refractivity contribution in [3.05, 3.63) is 41.7 Å². The second kappa shape index (κ2) is 9.15. The normalized spacial score (nSPS) is 12.9. The van der Waals surface area contributed by atoms with E-state index in [9.17, 15) is 9.59 Å². The van der Waals surface area contributed by atoms with E-state index in [0.29, 0.717) is 12.1 Å². The van der Waals surface area contributed by atoms with E-state index in [1.807, 2.05) is 45.0 Å². The number of aromatic nitrogens is 3. The predicted octanol–water partition coefficient (Wildman–Crippen LogP) is 3.35. The van der Waals surface area contributed by atoms with E-state index in [4.69, 9.17) is 14.6 Å². The van der Waals surface area contributed by atoms with Gasteiger partial charge in [-0.2, -0.15) is 0 Å². The number of rotatable bonds is 7. The molecule has 1 aromatic heterocycles. The van der Waals surface area contributed by atoms with Crippen molar-refractivity contribution in [1.29, 1.82) is 0 Å². The molecule has 0 aliphatic rings. The molecule has 0 spiro atoms. The van der Waals surface area contributed by atoms with Gasteiger partial charge in [0.2, 0.25) is 0 Å². The lowest BCUT2D eigenvalue weighted by molar-refractivity contribution is -0.137. The Bertz CT molecular complexity index is 863. The molecule has 9 nitrogen and oxygen atoms in total. The maximum atomic E-state index is 12.3. The minimum atomic E-state index is -1.03. The third-order valence-electron chi connectivity index (χ3n) is 3.69. The van der Waals surface area contributed by atoms with Crippen LogP contribution in [0.4, 0.5) is 4.79 Å². The lowest BCUT2D eigenvalue weighted by atomic mass is 10.0. The van der Waals surface area contributed by atoms with Crippen LogP contribution in [0.15, 0.2) is 30.5 Å². The fourth-order valence-electron chi connectivity index (χ4n) is 2.65. The Morgan fingerprint density at radius 3 is 2.27 bits per heavy atom. The van der Waals surface area contributed by atoms with Crippen LogP contribution in [0.2, 0.25) is 0 Å². The molecule has 0 aliphatic carbocycles. The monoisotopic (exact) mass is 418 g/mol. The summed E-state index contributed by atoms with van der Waals surface area (Å²) in [5, 5.41) is 19.6. The number of carboxylic acid groups (broad SMARTS) is 1. The van der Waals surface area contributed by atoms with Gasteiger partial charge in [0.05, 0.1) is 12.2 Å². The van der Waals surface area contributed by atoms with Crippen LogP contribution < -0.4 is 10.1 Å². The molecule has 0 saturated heterocycles. The molecule has 0 unspecified atom stereocenters. The molecule has 1 atom stereocenters. The molecule has 1 amide bonds. The molecule has 2 aromatic rings. The molecule has 0 bridgehead atoms. The summed E-state index contributed by atoms with van der Waals surface area (Å²) in [6.07, 6.45) is 1.33. The molecule has 0 aliphatic heterocycles. The summed E-state index contributed by atoms with van der Waals surface area (Å²) in [6.45, 7) is 10.9. The van der Waals surface area contributed by atoms with E-state index in [-0.39, 0.29) is 12.1 Å². The third-order valence-corrected chi connectivity index (χ3v) is 3.69. The van der Waals surface area contributed by atoms with Gasteiger partial charge in [0.1, 0.15) is 29.2 Å². The number of hydrogen-bond donors (Lipinski definition) is 2. The smallest absolute Gasteiger partial charge is 0.408 e. The van der Waals surface area contributed by atoms with Crippen LogP contribution in [-0.2, 0) is 22.5 Å². The van der Waals surface area contributed by atoms with E-state index >= 15 is 0 Å². The first-order valence-electron chi connectivity index (χ1n) is 9.70. The molecule has 30 heavy (non-hydrogen) atoms. The van der Waals surface area contributed by atoms with E-state index in [0.717, 1.165) is 11.3 Å². The second-order valence-electron chi connectivity index (χ2n) is 9.00. The van der Waals surface area contributed by atoms with Crippen LogP contribution in [0.5, 0.6) is 5.75 Å². The summed E-state index contributed by atoms with van der Waals surface area (Å²) in [7, 11) is 0. The zero-order valence-corrected chi connectivity index (χ0v) is 18.3. The standard InChI is InChI=1S/C21H30N4O5/c1-20(2,3)29-15-9-7-14(8-10-15)11-16(22-19(28)30-21(4,5)6)17-12-25(24-23-17)13-18(26)27/h7-10,12,16H,11,13H2,1-6H3,(H,22,28)(H,26,27)/t16-/m0/s1. The number of hydrogen-bond acceptors (Lipinski definition) is 6. The molecule has 1 aromatic carbocycles. The van der Waals surface area contributed by atoms with E-state index in [1.54, 1.807) is 20.8 Å². The molecule has 0 fully saturated rings. The summed E-state index contributed by atoms with van der Waals surface area (Å²) in [4.78, 5) is 23.2. The number of ether oxygens (including phenoxy) is 2. The zero-order chi connectivity index (χ0) is 22.5. The van der Waals surface area contributed by atoms with Crippen LogP contribution in [0.3, 0.4) is 0 Å². The minimum absolute atomic E-state index is 0.301. The average Bonchev–Trinajstić information content (AvgIpc) is 3.00. The van der Waals surface area contributed by atoms with E-state index in [1.165, 1.54) is 10.9 Å². The Hall–Kier alpha value is -3.10. The van der Waals surface area contributed by atoms with Crippen LogP contribution in [-0.4, -0.2) is 43.4 Å². The molecule has 9 heteroatoms. The summed E-state index contributed by atoms with van der Waals surface area (Å²) in [6, 6.07) is 7.01. The Balaban J connectivity index is 2.19. The average molecular weight is 418 g/mol. The number of carbonyl (C=O) groups excluding carboxylic acids is 1. The number of nitrogens with one attached hydrogen (secondary N) is 1. The summed E-state index contributed by atoms with van der Waals surface area (Å²) in [5.41, 5.74) is 0.425. The first kappa shape index (κ1) is 23.2. The molecular formula is C21H30N4O5. The lowest BCUT2D eigenvalue weighted by Gasteiger charge is -2.23. The maximum absolute atomic E-state index is 12.3. The quantitative estimate of drug-likeness (QED) is 0.708. The summed E-state index contributed by atoms with van der Waals surface area (Å²) < 4.78 is 12.4. The van der Waals surface area contributed by atoms with Crippen molar-refractivity contribution < 1.29 is 24.2 Å². The number of alkyl carbamates (subject to hydrolysis) is 1. The Kier molecular flexibility index (Phi) is 7.07. The van der Waals surface area contributed by atoms with Crippen molar-refractivity contribution >= 4 is 12.1 Å². The van der Waals surface area contributed by atoms with Gasteiger partial charge in [-0.05, 0) is 65.7 Å². The van der Waals surface area contributed by atoms with Crippen molar-refractivity contribution in [2.75, 3.05) is 0 Å². The van der Waals surface area contributed by atoms with Gasteiger partial charge in [0.15, 0.2) is 0 Å². The van der Waals surface area contributed by atoms with Gasteiger partial charge in [-0.25, -0.2) is 9.48 Å². The Morgan fingerprint density at radius 2 is 1.73 bits per heavy atom. The topological polar surface area (TPSA) is 116 Å². The van der Waals surface area contributed by atoms with Crippen molar-refractivity contribution in [3.63, 3.8) is 0 Å². The van der Waals surface area contributed by atoms with Crippen LogP contribution >= 0.6 is 0 Å². The minimum Gasteiger partial charge on any atom is -0.488 e. The molecule has 2 rings (SSSR count). The van der Waals surface area contributed by atoms with Crippen molar-refractivity contribution in [3.8, 4) is 5.75 Å². The van der Waals surface area contributed by atoms with E-state index in [2.05, 4.69) is 15.6 Å². The molecule has 164 valence electrons. The number of carbonyl (C=O) groups is 2. The lowest BCUT2D eigenvalue weighted by Crippen LogP contribution is -2.36. The van der Waals surface area contributed by atoms with Crippen molar-refractivity contribution in [2.24, 2.45) is 0 Å². The van der Waals surface area contributed by atoms with Gasteiger partial charge in [0.25, 0.3) is 0 Å². The predicted molar refractivity (Wildman–Crippen MR) is 110 cm³/mol. The number of benzene rings is 1. The molecule has 1 heterocycles. The first-order chi connectivity index (χ1) is 13.8. The number of aliphatic carboxylic acids is 1. The van der Waals surface area contributed by atoms with Gasteiger partial charge in [-0.3, -0.25) is 4.79 Å². The maximum Gasteiger partial charge on any atom is 0.408 e. The molecule has 0 radical (unpaired) electrons. The fraction of sp³-hybridized carbons (Fsp3) is 0.524. The highest BCUT2D eigenvalue weighted by Gasteiger charge is 2.23. The van der Waals surface area contributed by atoms with Gasteiger partial charge < -0.3 is 19.9 Å². The number of amides is 1. The van der Waals surface area contributed by atoms with Gasteiger partial charge in [-0.15, -0.1) is 5.10 Å². The molecule has 0 saturated carbocycles. The SMILES string of the molecule is CC(C)(C)OC(=O)N[C@@H](Cc1ccc(OC(C)(C)C)cc1)c1cn(CC(=O)O)nn1. The summed E-state index contributed by atoms with van der Waals surface area (Å²) >= 11 is 0. The molecular weight excluding hydrogens is 388 g/mol. The van der Waals surface area contributed by atoms with E-state index < -0.39 is 23.7 Å². The summed E-state index contributed by atoms with van der Waals surface area (Å²) in [5.74, 6) is -0.284. The van der Waals surface area contributed by atoms with Crippen LogP contribution in [0, 0.1) is 0 Å². The van der Waals surface area contributed by atoms with Gasteiger partial charge >= 0.3 is 12.1 Å². The van der Waals surface area contributed by atoms with Crippen molar-refractivity contribution in [2.45, 2.75) is 71.8 Å². The molecule has 2 N–H and O–H groups in total. The Morgan fingerprint density at radius 1 is 1.10 bits per heavy atom. The number of carboxylic acids is 1. The third kappa shape index (κ3) is 8.10. The largest absolute Gasteiger partial charge is 0.488 e. The highest BCUT2D eigenvalue weighted by Crippen LogP contribution is 2.22. The van der Waals surface area contributed by atoms with Crippen LogP contribution in [0.1, 0.15) is 58.8 Å². The Labute approximate surface area is 176 Å².